The van der Waals surface area contributed by atoms with Gasteiger partial charge in [0, 0.05) is 16.6 Å². The minimum atomic E-state index is 0.305. The maximum absolute atomic E-state index is 5.98. The number of hydrogen-bond donors (Lipinski definition) is 0. The van der Waals surface area contributed by atoms with Crippen molar-refractivity contribution in [2.45, 2.75) is 26.3 Å². The van der Waals surface area contributed by atoms with Gasteiger partial charge in [0.1, 0.15) is 17.5 Å². The Morgan fingerprint density at radius 3 is 2.54 bits per heavy atom. The topological polar surface area (TPSA) is 43.6 Å². The standard InChI is InChI=1S/C21H19ClN4/c1-14(2)26-13-25-20-19(23-12-24-21(20)26)17-5-3-4-16(11-17)10-15-6-8-18(22)9-7-15/h3-9,11-14H,10H2,1-2H3. The van der Waals surface area contributed by atoms with Gasteiger partial charge in [0.25, 0.3) is 0 Å². The molecule has 26 heavy (non-hydrogen) atoms. The maximum Gasteiger partial charge on any atom is 0.164 e. The van der Waals surface area contributed by atoms with Crippen LogP contribution in [-0.2, 0) is 6.42 Å². The zero-order valence-electron chi connectivity index (χ0n) is 14.7. The Morgan fingerprint density at radius 2 is 1.77 bits per heavy atom. The van der Waals surface area contributed by atoms with Crippen LogP contribution in [0.1, 0.15) is 31.0 Å². The summed E-state index contributed by atoms with van der Waals surface area (Å²) in [6.45, 7) is 4.24. The highest BCUT2D eigenvalue weighted by Crippen LogP contribution is 2.27. The molecule has 130 valence electrons. The number of rotatable bonds is 4. The molecule has 2 heterocycles. The van der Waals surface area contributed by atoms with Crippen LogP contribution in [0.5, 0.6) is 0 Å². The van der Waals surface area contributed by atoms with Crippen LogP contribution in [0.3, 0.4) is 0 Å². The van der Waals surface area contributed by atoms with Crippen LogP contribution in [0.15, 0.2) is 61.2 Å². The molecule has 2 aromatic heterocycles. The van der Waals surface area contributed by atoms with Crippen LogP contribution < -0.4 is 0 Å². The van der Waals surface area contributed by atoms with Gasteiger partial charge in [-0.3, -0.25) is 0 Å². The van der Waals surface area contributed by atoms with E-state index < -0.39 is 0 Å². The van der Waals surface area contributed by atoms with E-state index in [1.54, 1.807) is 6.33 Å². The van der Waals surface area contributed by atoms with Gasteiger partial charge < -0.3 is 4.57 Å². The molecule has 0 fully saturated rings. The van der Waals surface area contributed by atoms with Gasteiger partial charge in [-0.1, -0.05) is 41.9 Å². The average molecular weight is 363 g/mol. The third-order valence-corrected chi connectivity index (χ3v) is 4.69. The van der Waals surface area contributed by atoms with Crippen molar-refractivity contribution in [1.29, 1.82) is 0 Å². The fourth-order valence-corrected chi connectivity index (χ4v) is 3.23. The van der Waals surface area contributed by atoms with Crippen LogP contribution in [-0.4, -0.2) is 19.5 Å². The molecule has 0 saturated carbocycles. The first-order chi connectivity index (χ1) is 12.6. The van der Waals surface area contributed by atoms with E-state index in [9.17, 15) is 0 Å². The summed E-state index contributed by atoms with van der Waals surface area (Å²) in [5, 5.41) is 0.756. The van der Waals surface area contributed by atoms with E-state index in [1.807, 2.05) is 18.5 Å². The van der Waals surface area contributed by atoms with Crippen LogP contribution in [0.2, 0.25) is 5.02 Å². The molecule has 0 spiro atoms. The van der Waals surface area contributed by atoms with E-state index in [2.05, 4.69) is 69.8 Å². The van der Waals surface area contributed by atoms with Crippen molar-refractivity contribution in [2.24, 2.45) is 0 Å². The molecule has 4 nitrogen and oxygen atoms in total. The number of fused-ring (bicyclic) bond motifs is 1. The summed E-state index contributed by atoms with van der Waals surface area (Å²) in [6.07, 6.45) is 4.30. The lowest BCUT2D eigenvalue weighted by Gasteiger charge is -2.08. The molecular formula is C21H19ClN4. The van der Waals surface area contributed by atoms with Crippen molar-refractivity contribution in [2.75, 3.05) is 0 Å². The summed E-state index contributed by atoms with van der Waals surface area (Å²) in [5.41, 5.74) is 6.08. The lowest BCUT2D eigenvalue weighted by molar-refractivity contribution is 0.612. The quantitative estimate of drug-likeness (QED) is 0.493. The molecule has 0 N–H and O–H groups in total. The first-order valence-corrected chi connectivity index (χ1v) is 9.01. The van der Waals surface area contributed by atoms with Gasteiger partial charge in [-0.2, -0.15) is 0 Å². The molecule has 0 radical (unpaired) electrons. The van der Waals surface area contributed by atoms with E-state index in [-0.39, 0.29) is 0 Å². The molecule has 0 amide bonds. The number of halogens is 1. The zero-order valence-corrected chi connectivity index (χ0v) is 15.5. The third kappa shape index (κ3) is 3.20. The SMILES string of the molecule is CC(C)n1cnc2c(-c3cccc(Cc4ccc(Cl)cc4)c3)ncnc21. The fourth-order valence-electron chi connectivity index (χ4n) is 3.11. The Balaban J connectivity index is 1.72. The smallest absolute Gasteiger partial charge is 0.164 e. The van der Waals surface area contributed by atoms with Gasteiger partial charge in [0.2, 0.25) is 0 Å². The molecule has 0 aliphatic rings. The first kappa shape index (κ1) is 16.7. The second-order valence-electron chi connectivity index (χ2n) is 6.64. The first-order valence-electron chi connectivity index (χ1n) is 8.63. The molecule has 4 rings (SSSR count). The van der Waals surface area contributed by atoms with Gasteiger partial charge in [0.15, 0.2) is 5.65 Å². The van der Waals surface area contributed by atoms with Crippen LogP contribution in [0.25, 0.3) is 22.4 Å². The van der Waals surface area contributed by atoms with E-state index in [0.29, 0.717) is 6.04 Å². The molecule has 4 aromatic rings. The van der Waals surface area contributed by atoms with Gasteiger partial charge in [-0.05, 0) is 49.6 Å². The van der Waals surface area contributed by atoms with Crippen molar-refractivity contribution >= 4 is 22.8 Å². The van der Waals surface area contributed by atoms with Gasteiger partial charge in [-0.25, -0.2) is 15.0 Å². The van der Waals surface area contributed by atoms with Crippen molar-refractivity contribution < 1.29 is 0 Å². The predicted molar refractivity (Wildman–Crippen MR) is 105 cm³/mol. The van der Waals surface area contributed by atoms with Crippen molar-refractivity contribution in [1.82, 2.24) is 19.5 Å². The highest BCUT2D eigenvalue weighted by Gasteiger charge is 2.13. The summed E-state index contributed by atoms with van der Waals surface area (Å²) in [4.78, 5) is 13.5. The van der Waals surface area contributed by atoms with Crippen LogP contribution in [0, 0.1) is 0 Å². The highest BCUT2D eigenvalue weighted by molar-refractivity contribution is 6.30. The monoisotopic (exact) mass is 362 g/mol. The van der Waals surface area contributed by atoms with Gasteiger partial charge in [-0.15, -0.1) is 0 Å². The Labute approximate surface area is 157 Å². The Bertz CT molecular complexity index is 1050. The molecule has 2 aromatic carbocycles. The van der Waals surface area contributed by atoms with E-state index >= 15 is 0 Å². The molecule has 0 saturated heterocycles. The van der Waals surface area contributed by atoms with Crippen LogP contribution >= 0.6 is 11.6 Å². The van der Waals surface area contributed by atoms with E-state index in [4.69, 9.17) is 11.6 Å². The minimum Gasteiger partial charge on any atom is -0.313 e. The second-order valence-corrected chi connectivity index (χ2v) is 7.08. The number of nitrogens with zero attached hydrogens (tertiary/aromatic N) is 4. The predicted octanol–water partition coefficient (Wildman–Crippen LogP) is 5.32. The van der Waals surface area contributed by atoms with Gasteiger partial charge in [0.05, 0.1) is 6.33 Å². The largest absolute Gasteiger partial charge is 0.313 e. The van der Waals surface area contributed by atoms with E-state index in [1.165, 1.54) is 11.1 Å². The molecule has 5 heteroatoms. The Morgan fingerprint density at radius 1 is 0.962 bits per heavy atom. The Hall–Kier alpha value is -2.72. The van der Waals surface area contributed by atoms with Crippen LogP contribution in [0.4, 0.5) is 0 Å². The number of aromatic nitrogens is 4. The summed E-state index contributed by atoms with van der Waals surface area (Å²) in [5.74, 6) is 0. The van der Waals surface area contributed by atoms with Crippen molar-refractivity contribution in [3.63, 3.8) is 0 Å². The number of benzene rings is 2. The molecule has 0 aliphatic carbocycles. The summed E-state index contributed by atoms with van der Waals surface area (Å²) in [7, 11) is 0. The number of hydrogen-bond acceptors (Lipinski definition) is 3. The molecule has 0 unspecified atom stereocenters. The molecule has 0 aliphatic heterocycles. The summed E-state index contributed by atoms with van der Waals surface area (Å²) in [6, 6.07) is 16.7. The lowest BCUT2D eigenvalue weighted by Crippen LogP contribution is -2.00. The zero-order chi connectivity index (χ0) is 18.1. The van der Waals surface area contributed by atoms with Gasteiger partial charge >= 0.3 is 0 Å². The highest BCUT2D eigenvalue weighted by atomic mass is 35.5. The molecule has 0 bridgehead atoms. The van der Waals surface area contributed by atoms with E-state index in [0.717, 1.165) is 33.9 Å². The average Bonchev–Trinajstić information content (AvgIpc) is 3.08. The fraction of sp³-hybridized carbons (Fsp3) is 0.190. The summed E-state index contributed by atoms with van der Waals surface area (Å²) < 4.78 is 2.07. The lowest BCUT2D eigenvalue weighted by atomic mass is 10.0. The normalized spacial score (nSPS) is 11.4. The minimum absolute atomic E-state index is 0.305. The summed E-state index contributed by atoms with van der Waals surface area (Å²) >= 11 is 5.98. The maximum atomic E-state index is 5.98. The molecular weight excluding hydrogens is 344 g/mol. The van der Waals surface area contributed by atoms with Crippen molar-refractivity contribution in [3.8, 4) is 11.3 Å². The Kier molecular flexibility index (Phi) is 4.43. The van der Waals surface area contributed by atoms with Crippen molar-refractivity contribution in [3.05, 3.63) is 77.3 Å². The number of imidazole rings is 1. The second kappa shape index (κ2) is 6.89. The molecule has 0 atom stereocenters. The third-order valence-electron chi connectivity index (χ3n) is 4.44.